The Morgan fingerprint density at radius 1 is 1.12 bits per heavy atom. The van der Waals surface area contributed by atoms with Crippen molar-refractivity contribution in [1.82, 2.24) is 10.2 Å². The van der Waals surface area contributed by atoms with Crippen molar-refractivity contribution in [1.29, 1.82) is 0 Å². The number of rotatable bonds is 10. The number of primary amides is 1. The van der Waals surface area contributed by atoms with Crippen LogP contribution >= 0.6 is 11.6 Å². The quantitative estimate of drug-likeness (QED) is 0.414. The van der Waals surface area contributed by atoms with Crippen LogP contribution in [0.15, 0.2) is 54.6 Å². The fraction of sp³-hybridized carbons (Fsp3) is 0.217. The van der Waals surface area contributed by atoms with Gasteiger partial charge in [-0.3, -0.25) is 14.7 Å². The molecule has 0 saturated carbocycles. The Hall–Kier alpha value is -3.69. The van der Waals surface area contributed by atoms with Crippen molar-refractivity contribution < 1.29 is 23.9 Å². The summed E-state index contributed by atoms with van der Waals surface area (Å²) in [6.07, 6.45) is -2.28. The average molecular weight is 471 g/mol. The number of Topliss-reactive ketones (excluding diaryl/α,β-unsaturated/α-hetero) is 1. The number of halogens is 1. The van der Waals surface area contributed by atoms with E-state index in [2.05, 4.69) is 15.5 Å². The fourth-order valence-electron chi connectivity index (χ4n) is 3.07. The minimum absolute atomic E-state index is 0.128. The predicted octanol–water partition coefficient (Wildman–Crippen LogP) is 3.63. The lowest BCUT2D eigenvalue weighted by atomic mass is 9.99. The molecule has 2 amide bonds. The molecule has 0 fully saturated rings. The molecule has 1 unspecified atom stereocenters. The summed E-state index contributed by atoms with van der Waals surface area (Å²) < 4.78 is 10.4. The summed E-state index contributed by atoms with van der Waals surface area (Å²) in [4.78, 5) is 36.1. The molecule has 0 bridgehead atoms. The van der Waals surface area contributed by atoms with Crippen LogP contribution in [0.25, 0.3) is 0 Å². The van der Waals surface area contributed by atoms with Gasteiger partial charge in [0.25, 0.3) is 5.91 Å². The van der Waals surface area contributed by atoms with Gasteiger partial charge in [-0.2, -0.15) is 5.10 Å². The molecular formula is C23H23ClN4O5. The molecule has 172 valence electrons. The molecule has 0 saturated heterocycles. The summed E-state index contributed by atoms with van der Waals surface area (Å²) in [6.45, 7) is 2.13. The van der Waals surface area contributed by atoms with E-state index in [9.17, 15) is 14.4 Å². The first-order valence-corrected chi connectivity index (χ1v) is 10.4. The molecule has 2 aromatic carbocycles. The van der Waals surface area contributed by atoms with Crippen LogP contribution in [0.3, 0.4) is 0 Å². The highest BCUT2D eigenvalue weighted by atomic mass is 35.5. The Bertz CT molecular complexity index is 1130. The number of aromatic amines is 1. The van der Waals surface area contributed by atoms with Crippen molar-refractivity contribution >= 4 is 35.2 Å². The van der Waals surface area contributed by atoms with Gasteiger partial charge in [-0.25, -0.2) is 4.79 Å². The summed E-state index contributed by atoms with van der Waals surface area (Å²) in [6, 6.07) is 16.1. The van der Waals surface area contributed by atoms with Gasteiger partial charge < -0.3 is 20.5 Å². The number of hydrogen-bond acceptors (Lipinski definition) is 6. The van der Waals surface area contributed by atoms with Crippen LogP contribution in [-0.4, -0.2) is 34.1 Å². The predicted molar refractivity (Wildman–Crippen MR) is 122 cm³/mol. The van der Waals surface area contributed by atoms with Gasteiger partial charge in [0, 0.05) is 12.5 Å². The molecule has 10 heteroatoms. The van der Waals surface area contributed by atoms with Gasteiger partial charge in [-0.15, -0.1) is 0 Å². The number of carbonyl (C=O) groups excluding carboxylic acids is 3. The SMILES string of the molecule is CC(OC(N)=O)C(=O)Cc1cccc(Cl)c1C(=O)Nc1cc(COCc2ccccc2)[nH]n1. The Kier molecular flexibility index (Phi) is 8.17. The van der Waals surface area contributed by atoms with E-state index >= 15 is 0 Å². The Morgan fingerprint density at radius 2 is 1.88 bits per heavy atom. The van der Waals surface area contributed by atoms with Crippen molar-refractivity contribution in [3.8, 4) is 0 Å². The maximum Gasteiger partial charge on any atom is 0.405 e. The number of nitrogens with zero attached hydrogens (tertiary/aromatic N) is 1. The first-order chi connectivity index (χ1) is 15.8. The largest absolute Gasteiger partial charge is 0.439 e. The second kappa shape index (κ2) is 11.3. The molecule has 0 aliphatic heterocycles. The average Bonchev–Trinajstić information content (AvgIpc) is 3.21. The molecule has 3 rings (SSSR count). The number of hydrogen-bond donors (Lipinski definition) is 3. The molecule has 0 spiro atoms. The van der Waals surface area contributed by atoms with Crippen molar-refractivity contribution in [2.45, 2.75) is 32.7 Å². The van der Waals surface area contributed by atoms with Crippen molar-refractivity contribution in [3.05, 3.63) is 82.0 Å². The van der Waals surface area contributed by atoms with Crippen LogP contribution in [0.1, 0.15) is 34.1 Å². The minimum atomic E-state index is -1.05. The first kappa shape index (κ1) is 24.0. The summed E-state index contributed by atoms with van der Waals surface area (Å²) in [5.74, 6) is -0.682. The number of ketones is 1. The van der Waals surface area contributed by atoms with Gasteiger partial charge in [0.2, 0.25) is 0 Å². The van der Waals surface area contributed by atoms with Gasteiger partial charge in [0.1, 0.15) is 0 Å². The summed E-state index contributed by atoms with van der Waals surface area (Å²) in [5, 5.41) is 9.71. The number of carbonyl (C=O) groups is 3. The molecule has 1 aromatic heterocycles. The normalized spacial score (nSPS) is 11.6. The zero-order valence-electron chi connectivity index (χ0n) is 17.8. The molecule has 1 heterocycles. The molecule has 3 aromatic rings. The second-order valence-corrected chi connectivity index (χ2v) is 7.61. The van der Waals surface area contributed by atoms with Crippen LogP contribution in [0, 0.1) is 0 Å². The van der Waals surface area contributed by atoms with Gasteiger partial charge in [0.05, 0.1) is 29.5 Å². The number of anilines is 1. The van der Waals surface area contributed by atoms with E-state index in [0.29, 0.717) is 17.9 Å². The molecule has 33 heavy (non-hydrogen) atoms. The van der Waals surface area contributed by atoms with Crippen molar-refractivity contribution in [2.24, 2.45) is 5.73 Å². The fourth-order valence-corrected chi connectivity index (χ4v) is 3.35. The van der Waals surface area contributed by atoms with E-state index in [-0.39, 0.29) is 29.4 Å². The molecule has 0 aliphatic carbocycles. The van der Waals surface area contributed by atoms with Crippen LogP contribution in [0.2, 0.25) is 5.02 Å². The number of nitrogens with two attached hydrogens (primary N) is 1. The number of amides is 2. The van der Waals surface area contributed by atoms with Crippen LogP contribution in [0.4, 0.5) is 10.6 Å². The molecule has 4 N–H and O–H groups in total. The smallest absolute Gasteiger partial charge is 0.405 e. The lowest BCUT2D eigenvalue weighted by Gasteiger charge is -2.13. The molecule has 0 aliphatic rings. The van der Waals surface area contributed by atoms with Crippen LogP contribution in [-0.2, 0) is 33.9 Å². The van der Waals surface area contributed by atoms with E-state index in [1.54, 1.807) is 24.3 Å². The van der Waals surface area contributed by atoms with Crippen LogP contribution < -0.4 is 11.1 Å². The van der Waals surface area contributed by atoms with Gasteiger partial charge in [-0.05, 0) is 24.1 Å². The van der Waals surface area contributed by atoms with Gasteiger partial charge >= 0.3 is 6.09 Å². The maximum absolute atomic E-state index is 12.9. The van der Waals surface area contributed by atoms with E-state index in [4.69, 9.17) is 26.8 Å². The lowest BCUT2D eigenvalue weighted by molar-refractivity contribution is -0.125. The lowest BCUT2D eigenvalue weighted by Crippen LogP contribution is -2.29. The second-order valence-electron chi connectivity index (χ2n) is 7.21. The summed E-state index contributed by atoms with van der Waals surface area (Å²) in [5.41, 5.74) is 7.18. The van der Waals surface area contributed by atoms with Crippen molar-refractivity contribution in [3.63, 3.8) is 0 Å². The van der Waals surface area contributed by atoms with Gasteiger partial charge in [0.15, 0.2) is 17.7 Å². The Morgan fingerprint density at radius 3 is 2.61 bits per heavy atom. The third-order valence-corrected chi connectivity index (χ3v) is 4.99. The van der Waals surface area contributed by atoms with Crippen LogP contribution in [0.5, 0.6) is 0 Å². The number of H-pyrrole nitrogens is 1. The molecule has 9 nitrogen and oxygen atoms in total. The Labute approximate surface area is 195 Å². The molecule has 0 radical (unpaired) electrons. The van der Waals surface area contributed by atoms with E-state index in [0.717, 1.165) is 5.56 Å². The molecule has 1 atom stereocenters. The number of benzene rings is 2. The third kappa shape index (κ3) is 6.90. The first-order valence-electron chi connectivity index (χ1n) is 10.1. The number of aromatic nitrogens is 2. The highest BCUT2D eigenvalue weighted by molar-refractivity contribution is 6.34. The third-order valence-electron chi connectivity index (χ3n) is 4.68. The highest BCUT2D eigenvalue weighted by Gasteiger charge is 2.22. The monoisotopic (exact) mass is 470 g/mol. The minimum Gasteiger partial charge on any atom is -0.439 e. The maximum atomic E-state index is 12.9. The molecular weight excluding hydrogens is 448 g/mol. The zero-order valence-corrected chi connectivity index (χ0v) is 18.6. The summed E-state index contributed by atoms with van der Waals surface area (Å²) in [7, 11) is 0. The highest BCUT2D eigenvalue weighted by Crippen LogP contribution is 2.23. The van der Waals surface area contributed by atoms with E-state index in [1.807, 2.05) is 30.3 Å². The standard InChI is InChI=1S/C23H23ClN4O5/c1-14(33-23(25)31)19(29)10-16-8-5-9-18(24)21(16)22(30)26-20-11-17(27-28-20)13-32-12-15-6-3-2-4-7-15/h2-9,11,14H,10,12-13H2,1H3,(H2,25,31)(H2,26,27,28,30). The summed E-state index contributed by atoms with van der Waals surface area (Å²) >= 11 is 6.24. The number of nitrogens with one attached hydrogen (secondary N) is 2. The Balaban J connectivity index is 1.63. The van der Waals surface area contributed by atoms with E-state index < -0.39 is 23.9 Å². The van der Waals surface area contributed by atoms with Crippen molar-refractivity contribution in [2.75, 3.05) is 5.32 Å². The number of ether oxygens (including phenoxy) is 2. The topological polar surface area (TPSA) is 136 Å². The van der Waals surface area contributed by atoms with Gasteiger partial charge in [-0.1, -0.05) is 54.1 Å². The zero-order chi connectivity index (χ0) is 23.8. The van der Waals surface area contributed by atoms with E-state index in [1.165, 1.54) is 6.92 Å².